The summed E-state index contributed by atoms with van der Waals surface area (Å²) in [5.41, 5.74) is 2.20. The fourth-order valence-corrected chi connectivity index (χ4v) is 3.65. The average Bonchev–Trinajstić information content (AvgIpc) is 2.67. The van der Waals surface area contributed by atoms with Gasteiger partial charge in [-0.15, -0.1) is 0 Å². The summed E-state index contributed by atoms with van der Waals surface area (Å²) in [6, 6.07) is 13.4. The van der Waals surface area contributed by atoms with E-state index in [-0.39, 0.29) is 16.7 Å². The van der Waals surface area contributed by atoms with Gasteiger partial charge in [0.05, 0.1) is 4.90 Å². The van der Waals surface area contributed by atoms with Crippen molar-refractivity contribution in [3.63, 3.8) is 0 Å². The number of benzene rings is 2. The van der Waals surface area contributed by atoms with Gasteiger partial charge < -0.3 is 9.80 Å². The number of piperazine rings is 1. The van der Waals surface area contributed by atoms with Crippen LogP contribution in [0.5, 0.6) is 0 Å². The van der Waals surface area contributed by atoms with Gasteiger partial charge in [-0.3, -0.25) is 9.59 Å². The third-order valence-corrected chi connectivity index (χ3v) is 5.81. The Balaban J connectivity index is 1.62. The van der Waals surface area contributed by atoms with Crippen molar-refractivity contribution in [1.29, 1.82) is 0 Å². The minimum absolute atomic E-state index is 0.0281. The number of aryl methyl sites for hydroxylation is 1. The molecule has 2 amide bonds. The molecule has 1 heterocycles. The first-order chi connectivity index (χ1) is 12.8. The number of amides is 2. The highest BCUT2D eigenvalue weighted by Crippen LogP contribution is 2.15. The van der Waals surface area contributed by atoms with E-state index in [0.29, 0.717) is 37.3 Å². The van der Waals surface area contributed by atoms with Gasteiger partial charge in [-0.25, -0.2) is 8.42 Å². The van der Waals surface area contributed by atoms with E-state index in [0.717, 1.165) is 11.8 Å². The Morgan fingerprint density at radius 3 is 1.48 bits per heavy atom. The van der Waals surface area contributed by atoms with Gasteiger partial charge in [-0.2, -0.15) is 0 Å². The lowest BCUT2D eigenvalue weighted by Crippen LogP contribution is -2.50. The van der Waals surface area contributed by atoms with Crippen LogP contribution < -0.4 is 0 Å². The van der Waals surface area contributed by atoms with Crippen molar-refractivity contribution in [2.24, 2.45) is 0 Å². The first-order valence-electron chi connectivity index (χ1n) is 8.71. The van der Waals surface area contributed by atoms with Crippen LogP contribution >= 0.6 is 0 Å². The molecule has 1 aliphatic heterocycles. The number of nitrogens with zero attached hydrogens (tertiary/aromatic N) is 2. The Morgan fingerprint density at radius 1 is 0.741 bits per heavy atom. The second kappa shape index (κ2) is 7.52. The summed E-state index contributed by atoms with van der Waals surface area (Å²) >= 11 is 0. The zero-order valence-corrected chi connectivity index (χ0v) is 16.2. The maximum absolute atomic E-state index is 12.6. The number of hydrogen-bond acceptors (Lipinski definition) is 4. The summed E-state index contributed by atoms with van der Waals surface area (Å²) in [6.07, 6.45) is 1.13. The topological polar surface area (TPSA) is 74.8 Å². The van der Waals surface area contributed by atoms with Crippen molar-refractivity contribution in [3.8, 4) is 0 Å². The van der Waals surface area contributed by atoms with Crippen LogP contribution in [0.15, 0.2) is 53.4 Å². The Kier molecular flexibility index (Phi) is 5.32. The van der Waals surface area contributed by atoms with E-state index in [1.54, 1.807) is 9.80 Å². The van der Waals surface area contributed by atoms with E-state index >= 15 is 0 Å². The molecule has 2 aromatic carbocycles. The first-order valence-corrected chi connectivity index (χ1v) is 10.6. The van der Waals surface area contributed by atoms with Gasteiger partial charge in [0.15, 0.2) is 9.84 Å². The molecule has 0 saturated carbocycles. The summed E-state index contributed by atoms with van der Waals surface area (Å²) in [7, 11) is -3.29. The maximum Gasteiger partial charge on any atom is 0.253 e. The fourth-order valence-electron chi connectivity index (χ4n) is 3.02. The molecule has 6 nitrogen and oxygen atoms in total. The van der Waals surface area contributed by atoms with Crippen LogP contribution in [-0.4, -0.2) is 62.5 Å². The Morgan fingerprint density at radius 2 is 1.11 bits per heavy atom. The fraction of sp³-hybridized carbons (Fsp3) is 0.300. The maximum atomic E-state index is 12.6. The number of carbonyl (C=O) groups is 2. The molecule has 1 saturated heterocycles. The molecule has 2 aromatic rings. The molecule has 0 N–H and O–H groups in total. The van der Waals surface area contributed by atoms with Crippen LogP contribution in [0, 0.1) is 6.92 Å². The molecule has 7 heteroatoms. The van der Waals surface area contributed by atoms with Gasteiger partial charge in [0, 0.05) is 43.6 Å². The SMILES string of the molecule is Cc1ccc(C(=O)N2CCN(C(=O)c3ccc(S(C)(=O)=O)cc3)CC2)cc1. The highest BCUT2D eigenvalue weighted by molar-refractivity contribution is 7.90. The summed E-state index contributed by atoms with van der Waals surface area (Å²) in [5.74, 6) is -0.183. The monoisotopic (exact) mass is 386 g/mol. The highest BCUT2D eigenvalue weighted by atomic mass is 32.2. The van der Waals surface area contributed by atoms with E-state index in [1.165, 1.54) is 24.3 Å². The molecule has 0 aliphatic carbocycles. The van der Waals surface area contributed by atoms with Gasteiger partial charge in [-0.1, -0.05) is 17.7 Å². The van der Waals surface area contributed by atoms with E-state index < -0.39 is 9.84 Å². The third kappa shape index (κ3) is 4.36. The lowest BCUT2D eigenvalue weighted by molar-refractivity contribution is 0.0535. The summed E-state index contributed by atoms with van der Waals surface area (Å²) in [4.78, 5) is 28.8. The molecule has 0 bridgehead atoms. The zero-order chi connectivity index (χ0) is 19.6. The Bertz CT molecular complexity index is 942. The van der Waals surface area contributed by atoms with Gasteiger partial charge in [0.2, 0.25) is 0 Å². The van der Waals surface area contributed by atoms with Crippen molar-refractivity contribution in [2.45, 2.75) is 11.8 Å². The largest absolute Gasteiger partial charge is 0.335 e. The summed E-state index contributed by atoms with van der Waals surface area (Å²) in [6.45, 7) is 3.81. The molecule has 0 unspecified atom stereocenters. The standard InChI is InChI=1S/C20H22N2O4S/c1-15-3-5-16(6-4-15)19(23)21-11-13-22(14-12-21)20(24)17-7-9-18(10-8-17)27(2,25)26/h3-10H,11-14H2,1-2H3. The number of hydrogen-bond donors (Lipinski definition) is 0. The molecule has 0 spiro atoms. The van der Waals surface area contributed by atoms with E-state index in [9.17, 15) is 18.0 Å². The normalized spacial score (nSPS) is 14.9. The van der Waals surface area contributed by atoms with Crippen molar-refractivity contribution in [1.82, 2.24) is 9.80 Å². The van der Waals surface area contributed by atoms with E-state index in [4.69, 9.17) is 0 Å². The van der Waals surface area contributed by atoms with Crippen molar-refractivity contribution in [2.75, 3.05) is 32.4 Å². The highest BCUT2D eigenvalue weighted by Gasteiger charge is 2.25. The van der Waals surface area contributed by atoms with Crippen LogP contribution in [0.4, 0.5) is 0 Å². The van der Waals surface area contributed by atoms with Gasteiger partial charge in [0.25, 0.3) is 11.8 Å². The minimum Gasteiger partial charge on any atom is -0.335 e. The van der Waals surface area contributed by atoms with Gasteiger partial charge >= 0.3 is 0 Å². The number of sulfone groups is 1. The minimum atomic E-state index is -3.29. The summed E-state index contributed by atoms with van der Waals surface area (Å²) < 4.78 is 23.0. The predicted molar refractivity (Wildman–Crippen MR) is 103 cm³/mol. The molecule has 0 radical (unpaired) electrons. The molecule has 3 rings (SSSR count). The Hall–Kier alpha value is -2.67. The molecule has 142 valence electrons. The van der Waals surface area contributed by atoms with Gasteiger partial charge in [-0.05, 0) is 43.3 Å². The molecular formula is C20H22N2O4S. The van der Waals surface area contributed by atoms with Crippen LogP contribution in [0.1, 0.15) is 26.3 Å². The second-order valence-electron chi connectivity index (χ2n) is 6.75. The lowest BCUT2D eigenvalue weighted by atomic mass is 10.1. The van der Waals surface area contributed by atoms with Crippen molar-refractivity contribution < 1.29 is 18.0 Å². The van der Waals surface area contributed by atoms with Crippen molar-refractivity contribution in [3.05, 3.63) is 65.2 Å². The zero-order valence-electron chi connectivity index (χ0n) is 15.4. The average molecular weight is 386 g/mol. The molecule has 0 atom stereocenters. The number of rotatable bonds is 3. The van der Waals surface area contributed by atoms with Crippen LogP contribution in [0.25, 0.3) is 0 Å². The smallest absolute Gasteiger partial charge is 0.253 e. The Labute approximate surface area is 159 Å². The predicted octanol–water partition coefficient (Wildman–Crippen LogP) is 2.00. The van der Waals surface area contributed by atoms with E-state index in [1.807, 2.05) is 31.2 Å². The molecular weight excluding hydrogens is 364 g/mol. The molecule has 0 aromatic heterocycles. The molecule has 27 heavy (non-hydrogen) atoms. The lowest BCUT2D eigenvalue weighted by Gasteiger charge is -2.35. The third-order valence-electron chi connectivity index (χ3n) is 4.68. The second-order valence-corrected chi connectivity index (χ2v) is 8.76. The molecule has 1 aliphatic rings. The first kappa shape index (κ1) is 19.1. The number of carbonyl (C=O) groups excluding carboxylic acids is 2. The van der Waals surface area contributed by atoms with E-state index in [2.05, 4.69) is 0 Å². The van der Waals surface area contributed by atoms with Gasteiger partial charge in [0.1, 0.15) is 0 Å². The summed E-state index contributed by atoms with van der Waals surface area (Å²) in [5, 5.41) is 0. The van der Waals surface area contributed by atoms with Crippen LogP contribution in [0.2, 0.25) is 0 Å². The van der Waals surface area contributed by atoms with Crippen LogP contribution in [0.3, 0.4) is 0 Å². The quantitative estimate of drug-likeness (QED) is 0.809. The van der Waals surface area contributed by atoms with Crippen molar-refractivity contribution >= 4 is 21.7 Å². The molecule has 1 fully saturated rings. The van der Waals surface area contributed by atoms with Crippen LogP contribution in [-0.2, 0) is 9.84 Å².